The van der Waals surface area contributed by atoms with Crippen LogP contribution in [0.5, 0.6) is 0 Å². The summed E-state index contributed by atoms with van der Waals surface area (Å²) in [6.07, 6.45) is -9.52. The topological polar surface area (TPSA) is 15.3 Å². The maximum Gasteiger partial charge on any atom is 0.419 e. The van der Waals surface area contributed by atoms with E-state index in [9.17, 15) is 30.7 Å². The van der Waals surface area contributed by atoms with Crippen molar-refractivity contribution in [1.29, 1.82) is 0 Å². The average Bonchev–Trinajstić information content (AvgIpc) is 2.60. The Bertz CT molecular complexity index is 821. The van der Waals surface area contributed by atoms with Gasteiger partial charge >= 0.3 is 12.4 Å². The lowest BCUT2D eigenvalue weighted by atomic mass is 9.99. The number of nitrogens with one attached hydrogen (secondary N) is 1. The molecule has 1 heterocycles. The molecule has 27 heavy (non-hydrogen) atoms. The smallest absolute Gasteiger partial charge is 0.368 e. The summed E-state index contributed by atoms with van der Waals surface area (Å²) < 4.78 is 92.4. The summed E-state index contributed by atoms with van der Waals surface area (Å²) in [5, 5.41) is 3.05. The quantitative estimate of drug-likeness (QED) is 0.729. The van der Waals surface area contributed by atoms with Crippen LogP contribution in [-0.2, 0) is 12.4 Å². The van der Waals surface area contributed by atoms with E-state index in [2.05, 4.69) is 5.32 Å². The molecule has 1 aliphatic rings. The molecule has 0 atom stereocenters. The highest BCUT2D eigenvalue weighted by Crippen LogP contribution is 2.40. The molecule has 0 saturated carbocycles. The molecular formula is C18H15F7N2. The van der Waals surface area contributed by atoms with E-state index in [1.165, 1.54) is 12.1 Å². The molecule has 0 aliphatic carbocycles. The van der Waals surface area contributed by atoms with Gasteiger partial charge in [-0.2, -0.15) is 26.3 Å². The van der Waals surface area contributed by atoms with E-state index in [1.807, 2.05) is 0 Å². The zero-order valence-corrected chi connectivity index (χ0v) is 13.9. The minimum absolute atomic E-state index is 0.000124. The van der Waals surface area contributed by atoms with Crippen LogP contribution in [0.15, 0.2) is 36.4 Å². The zero-order valence-electron chi connectivity index (χ0n) is 13.9. The average molecular weight is 392 g/mol. The minimum Gasteiger partial charge on any atom is -0.368 e. The minimum atomic E-state index is -4.87. The number of hydrogen-bond donors (Lipinski definition) is 1. The molecule has 0 bridgehead atoms. The molecular weight excluding hydrogens is 377 g/mol. The van der Waals surface area contributed by atoms with Gasteiger partial charge in [-0.1, -0.05) is 12.1 Å². The van der Waals surface area contributed by atoms with Crippen LogP contribution in [0.3, 0.4) is 0 Å². The number of hydrogen-bond acceptors (Lipinski definition) is 2. The molecule has 2 aromatic carbocycles. The van der Waals surface area contributed by atoms with Crippen molar-refractivity contribution in [1.82, 2.24) is 5.32 Å². The zero-order chi connectivity index (χ0) is 19.8. The summed E-state index contributed by atoms with van der Waals surface area (Å²) in [4.78, 5) is 1.59. The standard InChI is InChI=1S/C18H15F7N2/c19-15-10-12(1-3-13(15)17(20,21)22)11-2-4-16(14(9-11)18(23,24)25)27-7-5-26-6-8-27/h1-4,9-10,26H,5-8H2. The van der Waals surface area contributed by atoms with Crippen molar-refractivity contribution in [2.75, 3.05) is 31.1 Å². The number of anilines is 1. The Morgan fingerprint density at radius 3 is 1.85 bits per heavy atom. The summed E-state index contributed by atoms with van der Waals surface area (Å²) >= 11 is 0. The van der Waals surface area contributed by atoms with E-state index >= 15 is 0 Å². The van der Waals surface area contributed by atoms with E-state index in [-0.39, 0.29) is 16.8 Å². The Morgan fingerprint density at radius 1 is 0.741 bits per heavy atom. The fraction of sp³-hybridized carbons (Fsp3) is 0.333. The van der Waals surface area contributed by atoms with Gasteiger partial charge in [0, 0.05) is 31.9 Å². The molecule has 0 spiro atoms. The number of nitrogens with zero attached hydrogens (tertiary/aromatic N) is 1. The van der Waals surface area contributed by atoms with E-state index in [0.717, 1.165) is 12.1 Å². The third kappa shape index (κ3) is 4.18. The number of rotatable bonds is 2. The summed E-state index contributed by atoms with van der Waals surface area (Å²) in [6.45, 7) is 1.89. The lowest BCUT2D eigenvalue weighted by molar-refractivity contribution is -0.140. The van der Waals surface area contributed by atoms with Gasteiger partial charge in [0.15, 0.2) is 0 Å². The SMILES string of the molecule is Fc1cc(-c2ccc(N3CCNCC3)c(C(F)(F)F)c2)ccc1C(F)(F)F. The second kappa shape index (κ2) is 7.03. The van der Waals surface area contributed by atoms with Crippen LogP contribution in [-0.4, -0.2) is 26.2 Å². The fourth-order valence-corrected chi connectivity index (χ4v) is 3.05. The Labute approximate surface area is 150 Å². The molecule has 0 radical (unpaired) electrons. The van der Waals surface area contributed by atoms with Gasteiger partial charge in [-0.05, 0) is 35.4 Å². The van der Waals surface area contributed by atoms with Crippen LogP contribution in [0, 0.1) is 5.82 Å². The highest BCUT2D eigenvalue weighted by Gasteiger charge is 2.36. The normalized spacial score (nSPS) is 15.9. The third-order valence-corrected chi connectivity index (χ3v) is 4.37. The van der Waals surface area contributed by atoms with Crippen LogP contribution in [0.2, 0.25) is 0 Å². The van der Waals surface area contributed by atoms with Gasteiger partial charge in [0.1, 0.15) is 5.82 Å². The fourth-order valence-electron chi connectivity index (χ4n) is 3.05. The Kier molecular flexibility index (Phi) is 5.07. The van der Waals surface area contributed by atoms with E-state index in [0.29, 0.717) is 38.3 Å². The maximum absolute atomic E-state index is 13.8. The van der Waals surface area contributed by atoms with Gasteiger partial charge < -0.3 is 10.2 Å². The lowest BCUT2D eigenvalue weighted by Crippen LogP contribution is -2.44. The first-order valence-electron chi connectivity index (χ1n) is 8.11. The predicted molar refractivity (Wildman–Crippen MR) is 86.9 cm³/mol. The molecule has 2 aromatic rings. The molecule has 1 aliphatic heterocycles. The first-order valence-corrected chi connectivity index (χ1v) is 8.11. The van der Waals surface area contributed by atoms with Crippen molar-refractivity contribution in [3.63, 3.8) is 0 Å². The summed E-state index contributed by atoms with van der Waals surface area (Å²) in [7, 11) is 0. The monoisotopic (exact) mass is 392 g/mol. The van der Waals surface area contributed by atoms with E-state index in [4.69, 9.17) is 0 Å². The first-order chi connectivity index (χ1) is 12.6. The molecule has 9 heteroatoms. The molecule has 1 saturated heterocycles. The van der Waals surface area contributed by atoms with Crippen molar-refractivity contribution in [3.05, 3.63) is 53.3 Å². The highest BCUT2D eigenvalue weighted by molar-refractivity contribution is 5.70. The molecule has 0 amide bonds. The van der Waals surface area contributed by atoms with Gasteiger partial charge in [0.05, 0.1) is 11.1 Å². The van der Waals surface area contributed by atoms with Crippen molar-refractivity contribution in [2.24, 2.45) is 0 Å². The van der Waals surface area contributed by atoms with Crippen molar-refractivity contribution >= 4 is 5.69 Å². The first kappa shape index (κ1) is 19.5. The van der Waals surface area contributed by atoms with Crippen LogP contribution in [0.1, 0.15) is 11.1 Å². The molecule has 0 unspecified atom stereocenters. The molecule has 0 aromatic heterocycles. The second-order valence-electron chi connectivity index (χ2n) is 6.16. The van der Waals surface area contributed by atoms with Crippen molar-refractivity contribution < 1.29 is 30.7 Å². The van der Waals surface area contributed by atoms with Crippen LogP contribution in [0.4, 0.5) is 36.4 Å². The van der Waals surface area contributed by atoms with Crippen molar-refractivity contribution in [2.45, 2.75) is 12.4 Å². The second-order valence-corrected chi connectivity index (χ2v) is 6.16. The Morgan fingerprint density at radius 2 is 1.30 bits per heavy atom. The number of benzene rings is 2. The summed E-state index contributed by atoms with van der Waals surface area (Å²) in [5.41, 5.74) is -2.42. The molecule has 1 N–H and O–H groups in total. The summed E-state index contributed by atoms with van der Waals surface area (Å²) in [5.74, 6) is -1.53. The van der Waals surface area contributed by atoms with E-state index < -0.39 is 29.3 Å². The Hall–Kier alpha value is -2.29. The van der Waals surface area contributed by atoms with Gasteiger partial charge in [0.25, 0.3) is 0 Å². The summed E-state index contributed by atoms with van der Waals surface area (Å²) in [6, 6.07) is 5.57. The highest BCUT2D eigenvalue weighted by atomic mass is 19.4. The lowest BCUT2D eigenvalue weighted by Gasteiger charge is -2.31. The van der Waals surface area contributed by atoms with Crippen LogP contribution < -0.4 is 10.2 Å². The van der Waals surface area contributed by atoms with Crippen LogP contribution >= 0.6 is 0 Å². The van der Waals surface area contributed by atoms with Gasteiger partial charge in [-0.3, -0.25) is 0 Å². The molecule has 2 nitrogen and oxygen atoms in total. The number of piperazine rings is 1. The van der Waals surface area contributed by atoms with Crippen molar-refractivity contribution in [3.8, 4) is 11.1 Å². The predicted octanol–water partition coefficient (Wildman–Crippen LogP) is 4.94. The molecule has 3 rings (SSSR count). The molecule has 1 fully saturated rings. The van der Waals surface area contributed by atoms with Crippen LogP contribution in [0.25, 0.3) is 11.1 Å². The largest absolute Gasteiger partial charge is 0.419 e. The number of halogens is 7. The van der Waals surface area contributed by atoms with Gasteiger partial charge in [0.2, 0.25) is 0 Å². The van der Waals surface area contributed by atoms with Gasteiger partial charge in [-0.15, -0.1) is 0 Å². The number of alkyl halides is 6. The third-order valence-electron chi connectivity index (χ3n) is 4.37. The van der Waals surface area contributed by atoms with Gasteiger partial charge in [-0.25, -0.2) is 4.39 Å². The maximum atomic E-state index is 13.8. The molecule has 146 valence electrons. The Balaban J connectivity index is 2.03. The van der Waals surface area contributed by atoms with E-state index in [1.54, 1.807) is 4.90 Å².